The van der Waals surface area contributed by atoms with Gasteiger partial charge in [0.05, 0.1) is 11.9 Å². The Morgan fingerprint density at radius 3 is 2.79 bits per heavy atom. The molecular weight excluding hydrogens is 242 g/mol. The van der Waals surface area contributed by atoms with E-state index in [9.17, 15) is 4.79 Å². The van der Waals surface area contributed by atoms with E-state index in [1.807, 2.05) is 31.2 Å². The first-order chi connectivity index (χ1) is 9.20. The van der Waals surface area contributed by atoms with E-state index in [0.29, 0.717) is 12.2 Å². The molecule has 0 bridgehead atoms. The Hall–Kier alpha value is -2.37. The largest absolute Gasteiger partial charge is 0.399 e. The summed E-state index contributed by atoms with van der Waals surface area (Å²) in [6, 6.07) is 7.39. The van der Waals surface area contributed by atoms with Gasteiger partial charge >= 0.3 is 0 Å². The number of carbonyl (C=O) groups excluding carboxylic acids is 1. The van der Waals surface area contributed by atoms with Crippen LogP contribution in [-0.2, 0) is 11.3 Å². The highest BCUT2D eigenvalue weighted by Crippen LogP contribution is 2.19. The van der Waals surface area contributed by atoms with Crippen molar-refractivity contribution in [1.29, 1.82) is 0 Å². The van der Waals surface area contributed by atoms with Crippen LogP contribution in [0.15, 0.2) is 30.5 Å². The summed E-state index contributed by atoms with van der Waals surface area (Å²) >= 11 is 0. The van der Waals surface area contributed by atoms with Crippen LogP contribution in [0, 0.1) is 0 Å². The molecule has 0 aliphatic heterocycles. The van der Waals surface area contributed by atoms with Gasteiger partial charge in [-0.1, -0.05) is 24.3 Å². The van der Waals surface area contributed by atoms with Gasteiger partial charge in [0, 0.05) is 17.8 Å². The van der Waals surface area contributed by atoms with Gasteiger partial charge < -0.3 is 11.1 Å². The molecule has 1 amide bonds. The monoisotopic (exact) mass is 259 g/mol. The topological polar surface area (TPSA) is 85.8 Å². The van der Waals surface area contributed by atoms with Crippen molar-refractivity contribution in [2.45, 2.75) is 19.9 Å². The maximum absolute atomic E-state index is 11.7. The van der Waals surface area contributed by atoms with Crippen molar-refractivity contribution in [3.63, 3.8) is 0 Å². The maximum atomic E-state index is 11.7. The smallest absolute Gasteiger partial charge is 0.241 e. The Morgan fingerprint density at radius 2 is 2.11 bits per heavy atom. The van der Waals surface area contributed by atoms with E-state index in [-0.39, 0.29) is 12.5 Å². The van der Waals surface area contributed by atoms with Crippen LogP contribution in [0.3, 0.4) is 0 Å². The molecule has 0 saturated heterocycles. The number of hydrogen-bond donors (Lipinski definition) is 2. The van der Waals surface area contributed by atoms with Crippen molar-refractivity contribution in [2.75, 3.05) is 12.3 Å². The molecule has 2 aromatic rings. The number of rotatable bonds is 5. The van der Waals surface area contributed by atoms with Crippen LogP contribution in [0.25, 0.3) is 11.3 Å². The fourth-order valence-electron chi connectivity index (χ4n) is 1.71. The summed E-state index contributed by atoms with van der Waals surface area (Å²) in [5.41, 5.74) is 8.08. The third-order valence-corrected chi connectivity index (χ3v) is 2.69. The zero-order valence-electron chi connectivity index (χ0n) is 10.8. The van der Waals surface area contributed by atoms with Gasteiger partial charge in [-0.2, -0.15) is 0 Å². The minimum Gasteiger partial charge on any atom is -0.399 e. The first-order valence-corrected chi connectivity index (χ1v) is 6.22. The van der Waals surface area contributed by atoms with E-state index >= 15 is 0 Å². The van der Waals surface area contributed by atoms with Crippen molar-refractivity contribution in [3.05, 3.63) is 30.5 Å². The lowest BCUT2D eigenvalue weighted by Crippen LogP contribution is -2.28. The Balaban J connectivity index is 2.13. The first-order valence-electron chi connectivity index (χ1n) is 6.22. The Morgan fingerprint density at radius 1 is 1.37 bits per heavy atom. The third-order valence-electron chi connectivity index (χ3n) is 2.69. The van der Waals surface area contributed by atoms with Crippen LogP contribution in [0.1, 0.15) is 13.3 Å². The van der Waals surface area contributed by atoms with Crippen LogP contribution in [-0.4, -0.2) is 27.4 Å². The molecule has 0 unspecified atom stereocenters. The molecule has 3 N–H and O–H groups in total. The van der Waals surface area contributed by atoms with Gasteiger partial charge in [0.2, 0.25) is 5.91 Å². The number of anilines is 1. The standard InChI is InChI=1S/C13H17N5O/c1-2-7-15-13(19)9-18-12(8-16-17-18)10-3-5-11(14)6-4-10/h3-6,8H,2,7,9,14H2,1H3,(H,15,19). The Bertz CT molecular complexity index is 546. The first kappa shape index (κ1) is 13.1. The molecule has 0 aliphatic carbocycles. The predicted octanol–water partition coefficient (Wildman–Crippen LogP) is 1.05. The Kier molecular flexibility index (Phi) is 4.12. The number of amides is 1. The van der Waals surface area contributed by atoms with Gasteiger partial charge in [-0.25, -0.2) is 4.68 Å². The summed E-state index contributed by atoms with van der Waals surface area (Å²) in [5.74, 6) is -0.0657. The molecule has 0 aliphatic rings. The summed E-state index contributed by atoms with van der Waals surface area (Å²) in [4.78, 5) is 11.7. The highest BCUT2D eigenvalue weighted by molar-refractivity contribution is 5.76. The Labute approximate surface area is 111 Å². The highest BCUT2D eigenvalue weighted by atomic mass is 16.2. The minimum atomic E-state index is -0.0657. The number of nitrogens with one attached hydrogen (secondary N) is 1. The van der Waals surface area contributed by atoms with Gasteiger partial charge in [-0.3, -0.25) is 4.79 Å². The van der Waals surface area contributed by atoms with Crippen molar-refractivity contribution in [3.8, 4) is 11.3 Å². The van der Waals surface area contributed by atoms with E-state index in [4.69, 9.17) is 5.73 Å². The molecule has 0 radical (unpaired) electrons. The number of aromatic nitrogens is 3. The fourth-order valence-corrected chi connectivity index (χ4v) is 1.71. The number of benzene rings is 1. The zero-order chi connectivity index (χ0) is 13.7. The van der Waals surface area contributed by atoms with Crippen LogP contribution in [0.5, 0.6) is 0 Å². The van der Waals surface area contributed by atoms with Crippen molar-refractivity contribution >= 4 is 11.6 Å². The van der Waals surface area contributed by atoms with E-state index in [1.165, 1.54) is 0 Å². The third kappa shape index (κ3) is 3.31. The quantitative estimate of drug-likeness (QED) is 0.786. The fraction of sp³-hybridized carbons (Fsp3) is 0.308. The van der Waals surface area contributed by atoms with Gasteiger partial charge in [-0.15, -0.1) is 5.10 Å². The van der Waals surface area contributed by atoms with Crippen LogP contribution < -0.4 is 11.1 Å². The van der Waals surface area contributed by atoms with Crippen LogP contribution in [0.2, 0.25) is 0 Å². The number of nitrogens with two attached hydrogens (primary N) is 1. The second kappa shape index (κ2) is 5.99. The zero-order valence-corrected chi connectivity index (χ0v) is 10.8. The molecule has 0 saturated carbocycles. The van der Waals surface area contributed by atoms with Gasteiger partial charge in [0.15, 0.2) is 0 Å². The normalized spacial score (nSPS) is 10.4. The van der Waals surface area contributed by atoms with Crippen LogP contribution >= 0.6 is 0 Å². The molecule has 0 spiro atoms. The molecular formula is C13H17N5O. The molecule has 6 heteroatoms. The second-order valence-electron chi connectivity index (χ2n) is 4.25. The maximum Gasteiger partial charge on any atom is 0.241 e. The number of nitrogen functional groups attached to an aromatic ring is 1. The SMILES string of the molecule is CCCNC(=O)Cn1nncc1-c1ccc(N)cc1. The van der Waals surface area contributed by atoms with E-state index in [2.05, 4.69) is 15.6 Å². The lowest BCUT2D eigenvalue weighted by molar-refractivity contribution is -0.121. The molecule has 1 heterocycles. The second-order valence-corrected chi connectivity index (χ2v) is 4.25. The molecule has 1 aromatic carbocycles. The van der Waals surface area contributed by atoms with Crippen LogP contribution in [0.4, 0.5) is 5.69 Å². The van der Waals surface area contributed by atoms with Gasteiger partial charge in [0.1, 0.15) is 6.54 Å². The number of nitrogens with zero attached hydrogens (tertiary/aromatic N) is 3. The van der Waals surface area contributed by atoms with Crippen molar-refractivity contribution in [2.24, 2.45) is 0 Å². The molecule has 6 nitrogen and oxygen atoms in total. The van der Waals surface area contributed by atoms with E-state index in [0.717, 1.165) is 17.7 Å². The minimum absolute atomic E-state index is 0.0657. The van der Waals surface area contributed by atoms with E-state index < -0.39 is 0 Å². The summed E-state index contributed by atoms with van der Waals surface area (Å²) < 4.78 is 1.58. The van der Waals surface area contributed by atoms with Gasteiger partial charge in [-0.05, 0) is 18.6 Å². The van der Waals surface area contributed by atoms with Crippen molar-refractivity contribution < 1.29 is 4.79 Å². The van der Waals surface area contributed by atoms with Crippen molar-refractivity contribution in [1.82, 2.24) is 20.3 Å². The molecule has 19 heavy (non-hydrogen) atoms. The average Bonchev–Trinajstić information content (AvgIpc) is 2.85. The van der Waals surface area contributed by atoms with Gasteiger partial charge in [0.25, 0.3) is 0 Å². The molecule has 2 rings (SSSR count). The lowest BCUT2D eigenvalue weighted by atomic mass is 10.1. The van der Waals surface area contributed by atoms with E-state index in [1.54, 1.807) is 10.9 Å². The molecule has 1 aromatic heterocycles. The molecule has 0 fully saturated rings. The summed E-state index contributed by atoms with van der Waals surface area (Å²) in [6.45, 7) is 2.85. The predicted molar refractivity (Wildman–Crippen MR) is 73.2 cm³/mol. The average molecular weight is 259 g/mol. The lowest BCUT2D eigenvalue weighted by Gasteiger charge is -2.07. The number of carbonyl (C=O) groups is 1. The summed E-state index contributed by atoms with van der Waals surface area (Å²) in [7, 11) is 0. The molecule has 0 atom stereocenters. The highest BCUT2D eigenvalue weighted by Gasteiger charge is 2.10. The number of hydrogen-bond acceptors (Lipinski definition) is 4. The molecule has 100 valence electrons. The summed E-state index contributed by atoms with van der Waals surface area (Å²) in [6.07, 6.45) is 2.55. The summed E-state index contributed by atoms with van der Waals surface area (Å²) in [5, 5.41) is 10.6.